The zero-order valence-corrected chi connectivity index (χ0v) is 28.2. The van der Waals surface area contributed by atoms with Crippen molar-refractivity contribution in [2.75, 3.05) is 19.8 Å². The number of ether oxygens (including phenoxy) is 6. The average Bonchev–Trinajstić information content (AvgIpc) is 3.16. The van der Waals surface area contributed by atoms with Crippen LogP contribution in [0.4, 0.5) is 0 Å². The first-order valence-electron chi connectivity index (χ1n) is 16.7. The molecule has 55 heavy (non-hydrogen) atoms. The summed E-state index contributed by atoms with van der Waals surface area (Å²) in [6.07, 6.45) is -27.9. The summed E-state index contributed by atoms with van der Waals surface area (Å²) in [5.74, 6) is -4.25. The zero-order chi connectivity index (χ0) is 40.0. The van der Waals surface area contributed by atoms with Crippen LogP contribution in [-0.4, -0.2) is 183 Å². The Balaban J connectivity index is 1.47. The molecule has 1 aromatic heterocycles. The van der Waals surface area contributed by atoms with Gasteiger partial charge in [0, 0.05) is 11.6 Å². The van der Waals surface area contributed by atoms with E-state index in [4.69, 9.17) is 32.8 Å². The Bertz CT molecular complexity index is 1850. The molecule has 0 spiro atoms. The lowest BCUT2D eigenvalue weighted by atomic mass is 9.97. The number of hydrogen-bond donors (Lipinski definition) is 14. The largest absolute Gasteiger partial charge is 0.508 e. The van der Waals surface area contributed by atoms with Crippen molar-refractivity contribution in [2.45, 2.75) is 92.1 Å². The predicted molar refractivity (Wildman–Crippen MR) is 174 cm³/mol. The predicted octanol–water partition coefficient (Wildman–Crippen LogP) is -5.24. The van der Waals surface area contributed by atoms with Gasteiger partial charge < -0.3 is 104 Å². The Hall–Kier alpha value is -3.95. The quantitative estimate of drug-likeness (QED) is 0.0912. The van der Waals surface area contributed by atoms with E-state index in [0.29, 0.717) is 6.07 Å². The van der Waals surface area contributed by atoms with Crippen LogP contribution in [0.5, 0.6) is 28.7 Å². The number of aliphatic hydroxyl groups excluding tert-OH is 11. The van der Waals surface area contributed by atoms with Gasteiger partial charge in [-0.15, -0.1) is 0 Å². The van der Waals surface area contributed by atoms with E-state index in [1.54, 1.807) is 0 Å². The smallest absolute Gasteiger partial charge is 0.239 e. The SMILES string of the molecule is O=c1c(OC2OC(CO)C(O)C(O)C2OC2OC(CO)C(O)C(O)C2O)c(-c2ccc(O)cc2)oc2c(OC3OC(CO)C(O)C(O)C3O)c(O)cc(O)c12. The highest BCUT2D eigenvalue weighted by atomic mass is 16.8. The highest BCUT2D eigenvalue weighted by Crippen LogP contribution is 2.45. The molecule has 0 saturated carbocycles. The van der Waals surface area contributed by atoms with E-state index < -0.39 is 157 Å². The van der Waals surface area contributed by atoms with Crippen LogP contribution in [0.15, 0.2) is 39.5 Å². The molecule has 14 N–H and O–H groups in total. The fraction of sp³-hybridized carbons (Fsp3) is 0.545. The van der Waals surface area contributed by atoms with Gasteiger partial charge >= 0.3 is 0 Å². The molecule has 3 fully saturated rings. The molecule has 6 rings (SSSR count). The Labute approximate surface area is 307 Å². The Morgan fingerprint density at radius 1 is 0.564 bits per heavy atom. The summed E-state index contributed by atoms with van der Waals surface area (Å²) in [5, 5.41) is 144. The maximum absolute atomic E-state index is 14.4. The average molecular weight is 789 g/mol. The lowest BCUT2D eigenvalue weighted by Gasteiger charge is -2.45. The van der Waals surface area contributed by atoms with Crippen molar-refractivity contribution in [1.82, 2.24) is 0 Å². The van der Waals surface area contributed by atoms with Gasteiger partial charge in [0.25, 0.3) is 0 Å². The molecule has 4 heterocycles. The molecule has 0 radical (unpaired) electrons. The van der Waals surface area contributed by atoms with Crippen LogP contribution >= 0.6 is 0 Å². The third kappa shape index (κ3) is 7.51. The van der Waals surface area contributed by atoms with Crippen molar-refractivity contribution in [1.29, 1.82) is 0 Å². The van der Waals surface area contributed by atoms with Crippen LogP contribution in [0.25, 0.3) is 22.3 Å². The minimum absolute atomic E-state index is 0.0464. The summed E-state index contributed by atoms with van der Waals surface area (Å²) in [4.78, 5) is 14.4. The van der Waals surface area contributed by atoms with Gasteiger partial charge in [-0.05, 0) is 24.3 Å². The van der Waals surface area contributed by atoms with Crippen LogP contribution < -0.4 is 14.9 Å². The maximum atomic E-state index is 14.4. The van der Waals surface area contributed by atoms with Gasteiger partial charge in [0.2, 0.25) is 29.5 Å². The zero-order valence-electron chi connectivity index (χ0n) is 28.2. The highest BCUT2D eigenvalue weighted by Gasteiger charge is 2.52. The van der Waals surface area contributed by atoms with Crippen molar-refractivity contribution < 1.29 is 104 Å². The highest BCUT2D eigenvalue weighted by molar-refractivity contribution is 5.93. The summed E-state index contributed by atoms with van der Waals surface area (Å²) < 4.78 is 39.6. The molecule has 3 aliphatic rings. The minimum Gasteiger partial charge on any atom is -0.508 e. The Morgan fingerprint density at radius 2 is 1.05 bits per heavy atom. The van der Waals surface area contributed by atoms with Gasteiger partial charge in [-0.1, -0.05) is 0 Å². The van der Waals surface area contributed by atoms with Crippen molar-refractivity contribution in [3.63, 3.8) is 0 Å². The molecule has 0 amide bonds. The first-order chi connectivity index (χ1) is 26.1. The number of phenolic OH excluding ortho intramolecular Hbond substituents is 3. The number of rotatable bonds is 10. The number of phenols is 3. The molecule has 15 unspecified atom stereocenters. The molecule has 2 aromatic carbocycles. The molecular weight excluding hydrogens is 748 g/mol. The normalized spacial score (nSPS) is 36.8. The molecule has 22 heteroatoms. The summed E-state index contributed by atoms with van der Waals surface area (Å²) in [5.41, 5.74) is -2.02. The lowest BCUT2D eigenvalue weighted by molar-refractivity contribution is -0.358. The van der Waals surface area contributed by atoms with E-state index in [9.17, 15) is 76.3 Å². The van der Waals surface area contributed by atoms with Crippen LogP contribution in [0.2, 0.25) is 0 Å². The van der Waals surface area contributed by atoms with E-state index in [1.165, 1.54) is 24.3 Å². The number of aromatic hydroxyl groups is 3. The molecule has 3 saturated heterocycles. The summed E-state index contributed by atoms with van der Waals surface area (Å²) in [6, 6.07) is 5.42. The first kappa shape index (κ1) is 40.7. The standard InChI is InChI=1S/C33H40O22/c34-6-13-17(40)21(44)24(47)31(49-13)53-27-12(39)5-11(38)16-20(43)29(26(52-28(16)27)9-1-3-10(37)4-2-9)54-33-30(23(46)19(42)15(8-36)51-33)55-32-25(48)22(45)18(41)14(7-35)50-32/h1-5,13-15,17-19,21-25,30-42,44-48H,6-8H2. The van der Waals surface area contributed by atoms with E-state index in [-0.39, 0.29) is 11.3 Å². The maximum Gasteiger partial charge on any atom is 0.239 e. The Morgan fingerprint density at radius 3 is 1.62 bits per heavy atom. The first-order valence-corrected chi connectivity index (χ1v) is 16.7. The molecule has 15 atom stereocenters. The molecule has 3 aliphatic heterocycles. The molecule has 22 nitrogen and oxygen atoms in total. The number of aliphatic hydroxyl groups is 11. The third-order valence-electron chi connectivity index (χ3n) is 9.45. The fourth-order valence-corrected chi connectivity index (χ4v) is 6.35. The van der Waals surface area contributed by atoms with Crippen LogP contribution in [-0.2, 0) is 18.9 Å². The molecule has 0 aliphatic carbocycles. The van der Waals surface area contributed by atoms with E-state index in [1.807, 2.05) is 0 Å². The second-order valence-corrected chi connectivity index (χ2v) is 13.0. The van der Waals surface area contributed by atoms with Gasteiger partial charge in [-0.3, -0.25) is 4.79 Å². The van der Waals surface area contributed by atoms with Gasteiger partial charge in [-0.2, -0.15) is 0 Å². The Kier molecular flexibility index (Phi) is 12.0. The molecule has 3 aromatic rings. The topological polar surface area (TPSA) is 369 Å². The van der Waals surface area contributed by atoms with E-state index >= 15 is 0 Å². The lowest BCUT2D eigenvalue weighted by Crippen LogP contribution is -2.65. The van der Waals surface area contributed by atoms with Crippen molar-refractivity contribution in [2.24, 2.45) is 0 Å². The number of hydrogen-bond acceptors (Lipinski definition) is 22. The van der Waals surface area contributed by atoms with Gasteiger partial charge in [-0.25, -0.2) is 0 Å². The molecule has 304 valence electrons. The summed E-state index contributed by atoms with van der Waals surface area (Å²) in [7, 11) is 0. The number of benzene rings is 2. The second-order valence-electron chi connectivity index (χ2n) is 13.0. The second kappa shape index (κ2) is 16.3. The fourth-order valence-electron chi connectivity index (χ4n) is 6.35. The minimum atomic E-state index is -2.06. The third-order valence-corrected chi connectivity index (χ3v) is 9.45. The van der Waals surface area contributed by atoms with Crippen molar-refractivity contribution >= 4 is 11.0 Å². The van der Waals surface area contributed by atoms with Crippen LogP contribution in [0.1, 0.15) is 0 Å². The van der Waals surface area contributed by atoms with Crippen LogP contribution in [0.3, 0.4) is 0 Å². The van der Waals surface area contributed by atoms with E-state index in [0.717, 1.165) is 0 Å². The monoisotopic (exact) mass is 788 g/mol. The number of fused-ring (bicyclic) bond motifs is 1. The van der Waals surface area contributed by atoms with Crippen molar-refractivity contribution in [3.8, 4) is 40.1 Å². The summed E-state index contributed by atoms with van der Waals surface area (Å²) >= 11 is 0. The summed E-state index contributed by atoms with van der Waals surface area (Å²) in [6.45, 7) is -2.64. The van der Waals surface area contributed by atoms with Gasteiger partial charge in [0.05, 0.1) is 19.8 Å². The van der Waals surface area contributed by atoms with Crippen molar-refractivity contribution in [3.05, 3.63) is 40.6 Å². The molecule has 0 bridgehead atoms. The molecular formula is C33H40O22. The van der Waals surface area contributed by atoms with Crippen LogP contribution in [0, 0.1) is 0 Å². The van der Waals surface area contributed by atoms with Gasteiger partial charge in [0.1, 0.15) is 84.0 Å². The van der Waals surface area contributed by atoms with Gasteiger partial charge in [0.15, 0.2) is 29.5 Å². The van der Waals surface area contributed by atoms with E-state index in [2.05, 4.69) is 0 Å².